The van der Waals surface area contributed by atoms with Gasteiger partial charge in [-0.2, -0.15) is 0 Å². The van der Waals surface area contributed by atoms with E-state index in [1.807, 2.05) is 16.0 Å². The molecule has 0 saturated heterocycles. The molecule has 0 aliphatic rings. The molecule has 0 fully saturated rings. The van der Waals surface area contributed by atoms with E-state index >= 15 is 0 Å². The molecule has 3 aromatic rings. The minimum absolute atomic E-state index is 0.0553. The highest BCUT2D eigenvalue weighted by Crippen LogP contribution is 2.23. The summed E-state index contributed by atoms with van der Waals surface area (Å²) in [6, 6.07) is 1.26. The van der Waals surface area contributed by atoms with Gasteiger partial charge in [0.1, 0.15) is 0 Å². The van der Waals surface area contributed by atoms with Crippen LogP contribution in [-0.2, 0) is 6.42 Å². The number of halogens is 3. The topological polar surface area (TPSA) is 43.3 Å². The summed E-state index contributed by atoms with van der Waals surface area (Å²) >= 11 is 1.47. The highest BCUT2D eigenvalue weighted by atomic mass is 32.1. The molecule has 0 amide bonds. The maximum atomic E-state index is 13.6. The normalized spacial score (nSPS) is 13.0. The van der Waals surface area contributed by atoms with E-state index < -0.39 is 23.5 Å². The smallest absolute Gasteiger partial charge is 0.194 e. The van der Waals surface area contributed by atoms with Crippen molar-refractivity contribution >= 4 is 16.3 Å². The highest BCUT2D eigenvalue weighted by Gasteiger charge is 2.19. The highest BCUT2D eigenvalue weighted by molar-refractivity contribution is 7.15. The average Bonchev–Trinajstić information content (AvgIpc) is 2.96. The summed E-state index contributed by atoms with van der Waals surface area (Å²) in [6.07, 6.45) is 3.88. The first-order chi connectivity index (χ1) is 9.56. The molecule has 2 heterocycles. The number of fused-ring (bicyclic) bond motifs is 1. The van der Waals surface area contributed by atoms with Crippen molar-refractivity contribution in [3.8, 4) is 0 Å². The Hall–Kier alpha value is -1.86. The number of nitrogens with two attached hydrogens (primary N) is 1. The van der Waals surface area contributed by atoms with E-state index in [-0.39, 0.29) is 12.0 Å². The zero-order valence-corrected chi connectivity index (χ0v) is 11.0. The van der Waals surface area contributed by atoms with Crippen LogP contribution in [0, 0.1) is 17.5 Å². The molecule has 0 aliphatic heterocycles. The van der Waals surface area contributed by atoms with Crippen LogP contribution >= 0.6 is 11.3 Å². The fourth-order valence-corrected chi connectivity index (χ4v) is 2.76. The minimum atomic E-state index is -1.50. The molecule has 0 radical (unpaired) electrons. The number of imidazole rings is 1. The van der Waals surface area contributed by atoms with Gasteiger partial charge < -0.3 is 5.73 Å². The Morgan fingerprint density at radius 1 is 1.25 bits per heavy atom. The number of hydrogen-bond acceptors (Lipinski definition) is 3. The van der Waals surface area contributed by atoms with Gasteiger partial charge in [-0.3, -0.25) is 4.40 Å². The minimum Gasteiger partial charge on any atom is -0.324 e. The SMILES string of the molecule is NC(Cc1cn2ccsc2n1)c1ccc(F)c(F)c1F. The van der Waals surface area contributed by atoms with Gasteiger partial charge in [-0.15, -0.1) is 11.3 Å². The monoisotopic (exact) mass is 297 g/mol. The van der Waals surface area contributed by atoms with Gasteiger partial charge in [0.05, 0.1) is 5.69 Å². The van der Waals surface area contributed by atoms with E-state index in [2.05, 4.69) is 4.98 Å². The Morgan fingerprint density at radius 2 is 2.05 bits per heavy atom. The molecule has 7 heteroatoms. The molecule has 104 valence electrons. The van der Waals surface area contributed by atoms with Crippen LogP contribution in [0.1, 0.15) is 17.3 Å². The second-order valence-corrected chi connectivity index (χ2v) is 5.27. The van der Waals surface area contributed by atoms with E-state index in [4.69, 9.17) is 5.73 Å². The van der Waals surface area contributed by atoms with Crippen molar-refractivity contribution in [2.45, 2.75) is 12.5 Å². The van der Waals surface area contributed by atoms with Crippen LogP contribution in [0.25, 0.3) is 4.96 Å². The van der Waals surface area contributed by atoms with Gasteiger partial charge >= 0.3 is 0 Å². The van der Waals surface area contributed by atoms with Crippen LogP contribution < -0.4 is 5.73 Å². The van der Waals surface area contributed by atoms with E-state index in [0.717, 1.165) is 17.1 Å². The summed E-state index contributed by atoms with van der Waals surface area (Å²) in [4.78, 5) is 5.12. The summed E-state index contributed by atoms with van der Waals surface area (Å²) in [5.74, 6) is -3.96. The van der Waals surface area contributed by atoms with Gasteiger partial charge in [-0.05, 0) is 6.07 Å². The van der Waals surface area contributed by atoms with Crippen molar-refractivity contribution in [1.82, 2.24) is 9.38 Å². The number of aromatic nitrogens is 2. The molecule has 1 atom stereocenters. The zero-order valence-electron chi connectivity index (χ0n) is 10.2. The van der Waals surface area contributed by atoms with Crippen molar-refractivity contribution in [3.63, 3.8) is 0 Å². The molecule has 1 unspecified atom stereocenters. The van der Waals surface area contributed by atoms with E-state index in [1.54, 1.807) is 6.20 Å². The average molecular weight is 297 g/mol. The van der Waals surface area contributed by atoms with Crippen molar-refractivity contribution in [2.75, 3.05) is 0 Å². The molecule has 2 aromatic heterocycles. The Labute approximate surface area is 116 Å². The molecule has 0 aliphatic carbocycles. The standard InChI is InChI=1S/C13H10F3N3S/c14-9-2-1-8(11(15)12(9)16)10(17)5-7-6-19-3-4-20-13(19)18-7/h1-4,6,10H,5,17H2. The quantitative estimate of drug-likeness (QED) is 0.755. The molecule has 0 saturated carbocycles. The van der Waals surface area contributed by atoms with Crippen molar-refractivity contribution in [3.05, 3.63) is 58.6 Å². The van der Waals surface area contributed by atoms with E-state index in [1.165, 1.54) is 11.3 Å². The largest absolute Gasteiger partial charge is 0.324 e. The van der Waals surface area contributed by atoms with Gasteiger partial charge in [0, 0.05) is 35.8 Å². The fraction of sp³-hybridized carbons (Fsp3) is 0.154. The first kappa shape index (κ1) is 13.1. The lowest BCUT2D eigenvalue weighted by Gasteiger charge is -2.12. The van der Waals surface area contributed by atoms with Crippen molar-refractivity contribution in [1.29, 1.82) is 0 Å². The maximum Gasteiger partial charge on any atom is 0.194 e. The number of thiazole rings is 1. The second kappa shape index (κ2) is 4.92. The van der Waals surface area contributed by atoms with E-state index in [0.29, 0.717) is 5.69 Å². The summed E-state index contributed by atoms with van der Waals surface area (Å²) in [5, 5.41) is 1.89. The fourth-order valence-electron chi connectivity index (χ4n) is 2.04. The Bertz CT molecular complexity index is 737. The van der Waals surface area contributed by atoms with Gasteiger partial charge in [0.2, 0.25) is 0 Å². The molecule has 3 rings (SSSR count). The first-order valence-corrected chi connectivity index (χ1v) is 6.74. The molecule has 0 spiro atoms. The van der Waals surface area contributed by atoms with Crippen molar-refractivity contribution in [2.24, 2.45) is 5.73 Å². The first-order valence-electron chi connectivity index (χ1n) is 5.86. The number of rotatable bonds is 3. The van der Waals surface area contributed by atoms with E-state index in [9.17, 15) is 13.2 Å². The van der Waals surface area contributed by atoms with Gasteiger partial charge in [0.15, 0.2) is 22.4 Å². The molecular weight excluding hydrogens is 287 g/mol. The number of hydrogen-bond donors (Lipinski definition) is 1. The second-order valence-electron chi connectivity index (χ2n) is 4.40. The Morgan fingerprint density at radius 3 is 2.80 bits per heavy atom. The summed E-state index contributed by atoms with van der Waals surface area (Å²) in [7, 11) is 0. The molecular formula is C13H10F3N3S. The summed E-state index contributed by atoms with van der Waals surface area (Å²) in [6.45, 7) is 0. The third kappa shape index (κ3) is 2.19. The van der Waals surface area contributed by atoms with Crippen LogP contribution in [0.4, 0.5) is 13.2 Å². The van der Waals surface area contributed by atoms with Gasteiger partial charge in [-0.1, -0.05) is 6.07 Å². The van der Waals surface area contributed by atoms with Crippen molar-refractivity contribution < 1.29 is 13.2 Å². The van der Waals surface area contributed by atoms with Crippen LogP contribution in [0.15, 0.2) is 29.9 Å². The zero-order chi connectivity index (χ0) is 14.3. The lowest BCUT2D eigenvalue weighted by Crippen LogP contribution is -2.16. The summed E-state index contributed by atoms with van der Waals surface area (Å²) < 4.78 is 41.5. The van der Waals surface area contributed by atoms with Crippen LogP contribution in [0.5, 0.6) is 0 Å². The lowest BCUT2D eigenvalue weighted by atomic mass is 10.0. The van der Waals surface area contributed by atoms with Gasteiger partial charge in [-0.25, -0.2) is 18.2 Å². The third-order valence-corrected chi connectivity index (χ3v) is 3.81. The summed E-state index contributed by atoms with van der Waals surface area (Å²) in [5.41, 5.74) is 6.48. The maximum absolute atomic E-state index is 13.6. The molecule has 3 nitrogen and oxygen atoms in total. The molecule has 1 aromatic carbocycles. The van der Waals surface area contributed by atoms with Gasteiger partial charge in [0.25, 0.3) is 0 Å². The predicted molar refractivity (Wildman–Crippen MR) is 70.0 cm³/mol. The number of benzene rings is 1. The Balaban J connectivity index is 1.87. The van der Waals surface area contributed by atoms with Crippen LogP contribution in [-0.4, -0.2) is 9.38 Å². The third-order valence-electron chi connectivity index (χ3n) is 3.04. The predicted octanol–water partition coefficient (Wildman–Crippen LogP) is 3.06. The Kier molecular flexibility index (Phi) is 3.23. The number of nitrogens with zero attached hydrogens (tertiary/aromatic N) is 2. The molecule has 2 N–H and O–H groups in total. The molecule has 0 bridgehead atoms. The van der Waals surface area contributed by atoms with Crippen LogP contribution in [0.3, 0.4) is 0 Å². The van der Waals surface area contributed by atoms with Crippen LogP contribution in [0.2, 0.25) is 0 Å². The lowest BCUT2D eigenvalue weighted by molar-refractivity contribution is 0.435. The molecule has 20 heavy (non-hydrogen) atoms.